The van der Waals surface area contributed by atoms with Crippen LogP contribution in [0, 0.1) is 0 Å². The van der Waals surface area contributed by atoms with Crippen LogP contribution in [0.1, 0.15) is 12.8 Å². The molecule has 1 atom stereocenters. The standard InChI is InChI=1S/C15H17F3N2O4/c1-23-9-5-6-12(24-2)10(8-9)19-13(21)11-4-3-7-20(11)14(22)15(16,17)18/h5-6,8,11H,3-4,7H2,1-2H3,(H,19,21). The summed E-state index contributed by atoms with van der Waals surface area (Å²) in [5.74, 6) is -1.92. The van der Waals surface area contributed by atoms with Gasteiger partial charge in [-0.2, -0.15) is 13.2 Å². The topological polar surface area (TPSA) is 67.9 Å². The fraction of sp³-hybridized carbons (Fsp3) is 0.467. The second-order valence-corrected chi connectivity index (χ2v) is 5.21. The van der Waals surface area contributed by atoms with Crippen molar-refractivity contribution in [3.63, 3.8) is 0 Å². The first-order chi connectivity index (χ1) is 11.3. The summed E-state index contributed by atoms with van der Waals surface area (Å²) in [6, 6.07) is 3.49. The lowest BCUT2D eigenvalue weighted by molar-refractivity contribution is -0.186. The monoisotopic (exact) mass is 346 g/mol. The minimum atomic E-state index is -5.00. The van der Waals surface area contributed by atoms with Gasteiger partial charge in [-0.25, -0.2) is 0 Å². The van der Waals surface area contributed by atoms with Gasteiger partial charge in [0.1, 0.15) is 17.5 Å². The Labute approximate surface area is 136 Å². The van der Waals surface area contributed by atoms with Crippen molar-refractivity contribution in [3.05, 3.63) is 18.2 Å². The van der Waals surface area contributed by atoms with Gasteiger partial charge in [-0.1, -0.05) is 0 Å². The summed E-state index contributed by atoms with van der Waals surface area (Å²) in [5, 5.41) is 2.51. The maximum absolute atomic E-state index is 12.6. The smallest absolute Gasteiger partial charge is 0.471 e. The largest absolute Gasteiger partial charge is 0.497 e. The molecule has 24 heavy (non-hydrogen) atoms. The Morgan fingerprint density at radius 2 is 1.96 bits per heavy atom. The number of benzene rings is 1. The quantitative estimate of drug-likeness (QED) is 0.908. The Bertz CT molecular complexity index is 634. The molecule has 1 unspecified atom stereocenters. The first kappa shape index (κ1) is 17.9. The lowest BCUT2D eigenvalue weighted by atomic mass is 10.2. The number of likely N-dealkylation sites (tertiary alicyclic amines) is 1. The SMILES string of the molecule is COc1ccc(OC)c(NC(=O)C2CCCN2C(=O)C(F)(F)F)c1. The number of amides is 2. The molecule has 9 heteroatoms. The molecule has 1 saturated heterocycles. The number of hydrogen-bond donors (Lipinski definition) is 1. The minimum absolute atomic E-state index is 0.105. The Balaban J connectivity index is 2.18. The van der Waals surface area contributed by atoms with Gasteiger partial charge >= 0.3 is 12.1 Å². The molecule has 2 amide bonds. The number of hydrogen-bond acceptors (Lipinski definition) is 4. The Kier molecular flexibility index (Phi) is 5.20. The summed E-state index contributed by atoms with van der Waals surface area (Å²) in [5.41, 5.74) is 0.258. The molecule has 1 N–H and O–H groups in total. The molecular formula is C15H17F3N2O4. The van der Waals surface area contributed by atoms with Crippen molar-refractivity contribution >= 4 is 17.5 Å². The zero-order chi connectivity index (χ0) is 17.9. The van der Waals surface area contributed by atoms with E-state index < -0.39 is 24.0 Å². The van der Waals surface area contributed by atoms with Crippen molar-refractivity contribution in [1.82, 2.24) is 4.90 Å². The van der Waals surface area contributed by atoms with E-state index in [0.717, 1.165) is 0 Å². The fourth-order valence-corrected chi connectivity index (χ4v) is 2.57. The maximum Gasteiger partial charge on any atom is 0.471 e. The van der Waals surface area contributed by atoms with Gasteiger partial charge in [0.25, 0.3) is 0 Å². The molecule has 0 aliphatic carbocycles. The predicted octanol–water partition coefficient (Wildman–Crippen LogP) is 2.20. The average molecular weight is 346 g/mol. The lowest BCUT2D eigenvalue weighted by Crippen LogP contribution is -2.48. The van der Waals surface area contributed by atoms with Crippen molar-refractivity contribution in [2.75, 3.05) is 26.1 Å². The van der Waals surface area contributed by atoms with Crippen LogP contribution in [-0.4, -0.2) is 49.7 Å². The summed E-state index contributed by atoms with van der Waals surface area (Å²) in [4.78, 5) is 24.3. The third-order valence-corrected chi connectivity index (χ3v) is 3.72. The van der Waals surface area contributed by atoms with Crippen molar-refractivity contribution < 1.29 is 32.2 Å². The molecule has 0 radical (unpaired) electrons. The number of alkyl halides is 3. The van der Waals surface area contributed by atoms with Crippen LogP contribution < -0.4 is 14.8 Å². The van der Waals surface area contributed by atoms with Crippen molar-refractivity contribution in [2.45, 2.75) is 25.1 Å². The van der Waals surface area contributed by atoms with Gasteiger partial charge in [-0.3, -0.25) is 9.59 Å². The molecule has 132 valence electrons. The van der Waals surface area contributed by atoms with Gasteiger partial charge < -0.3 is 19.7 Å². The normalized spacial score (nSPS) is 17.5. The van der Waals surface area contributed by atoms with E-state index in [4.69, 9.17) is 9.47 Å². The van der Waals surface area contributed by atoms with E-state index in [2.05, 4.69) is 5.32 Å². The summed E-state index contributed by atoms with van der Waals surface area (Å²) < 4.78 is 48.0. The van der Waals surface area contributed by atoms with Gasteiger partial charge in [-0.15, -0.1) is 0 Å². The first-order valence-electron chi connectivity index (χ1n) is 7.18. The molecule has 1 heterocycles. The van der Waals surface area contributed by atoms with Crippen LogP contribution in [0.15, 0.2) is 18.2 Å². The predicted molar refractivity (Wildman–Crippen MR) is 79.0 cm³/mol. The second kappa shape index (κ2) is 6.98. The molecular weight excluding hydrogens is 329 g/mol. The molecule has 0 aromatic heterocycles. The van der Waals surface area contributed by atoms with E-state index in [1.807, 2.05) is 0 Å². The zero-order valence-electron chi connectivity index (χ0n) is 13.1. The number of halogens is 3. The average Bonchev–Trinajstić information content (AvgIpc) is 3.02. The van der Waals surface area contributed by atoms with Gasteiger partial charge in [0, 0.05) is 12.6 Å². The van der Waals surface area contributed by atoms with Gasteiger partial charge in [0.15, 0.2) is 0 Å². The summed E-state index contributed by atoms with van der Waals surface area (Å²) in [7, 11) is 2.83. The number of carbonyl (C=O) groups is 2. The van der Waals surface area contributed by atoms with Crippen LogP contribution >= 0.6 is 0 Å². The maximum atomic E-state index is 12.6. The van der Waals surface area contributed by atoms with Gasteiger partial charge in [0.2, 0.25) is 5.91 Å². The summed E-state index contributed by atoms with van der Waals surface area (Å²) in [6.07, 6.45) is -4.51. The minimum Gasteiger partial charge on any atom is -0.497 e. The van der Waals surface area contributed by atoms with Crippen molar-refractivity contribution in [3.8, 4) is 11.5 Å². The van der Waals surface area contributed by atoms with E-state index in [1.165, 1.54) is 20.3 Å². The van der Waals surface area contributed by atoms with E-state index in [1.54, 1.807) is 12.1 Å². The second-order valence-electron chi connectivity index (χ2n) is 5.21. The van der Waals surface area contributed by atoms with Crippen LogP contribution in [-0.2, 0) is 9.59 Å². The van der Waals surface area contributed by atoms with Gasteiger partial charge in [0.05, 0.1) is 19.9 Å². The molecule has 1 aliphatic rings. The number of rotatable bonds is 4. The summed E-state index contributed by atoms with van der Waals surface area (Å²) >= 11 is 0. The molecule has 2 rings (SSSR count). The Hall–Kier alpha value is -2.45. The first-order valence-corrected chi connectivity index (χ1v) is 7.18. The zero-order valence-corrected chi connectivity index (χ0v) is 13.1. The summed E-state index contributed by atoms with van der Waals surface area (Å²) in [6.45, 7) is -0.105. The highest BCUT2D eigenvalue weighted by atomic mass is 19.4. The third kappa shape index (κ3) is 3.72. The molecule has 0 bridgehead atoms. The Morgan fingerprint density at radius 3 is 2.54 bits per heavy atom. The van der Waals surface area contributed by atoms with Crippen molar-refractivity contribution in [1.29, 1.82) is 0 Å². The van der Waals surface area contributed by atoms with E-state index in [9.17, 15) is 22.8 Å². The van der Waals surface area contributed by atoms with E-state index >= 15 is 0 Å². The molecule has 1 aliphatic heterocycles. The molecule has 1 fully saturated rings. The molecule has 0 saturated carbocycles. The number of methoxy groups -OCH3 is 2. The number of carbonyl (C=O) groups excluding carboxylic acids is 2. The Morgan fingerprint density at radius 1 is 1.25 bits per heavy atom. The molecule has 1 aromatic rings. The highest BCUT2D eigenvalue weighted by molar-refractivity contribution is 5.99. The number of nitrogens with zero attached hydrogens (tertiary/aromatic N) is 1. The third-order valence-electron chi connectivity index (χ3n) is 3.72. The van der Waals surface area contributed by atoms with Crippen molar-refractivity contribution in [2.24, 2.45) is 0 Å². The highest BCUT2D eigenvalue weighted by Gasteiger charge is 2.47. The van der Waals surface area contributed by atoms with E-state index in [0.29, 0.717) is 22.8 Å². The van der Waals surface area contributed by atoms with Crippen LogP contribution in [0.25, 0.3) is 0 Å². The van der Waals surface area contributed by atoms with Gasteiger partial charge in [-0.05, 0) is 25.0 Å². The molecule has 1 aromatic carbocycles. The number of nitrogens with one attached hydrogen (secondary N) is 1. The highest BCUT2D eigenvalue weighted by Crippen LogP contribution is 2.31. The number of anilines is 1. The lowest BCUT2D eigenvalue weighted by Gasteiger charge is -2.25. The molecule has 0 spiro atoms. The van der Waals surface area contributed by atoms with Crippen LogP contribution in [0.5, 0.6) is 11.5 Å². The van der Waals surface area contributed by atoms with Crippen LogP contribution in [0.3, 0.4) is 0 Å². The van der Waals surface area contributed by atoms with Crippen LogP contribution in [0.4, 0.5) is 18.9 Å². The molecule has 6 nitrogen and oxygen atoms in total. The van der Waals surface area contributed by atoms with E-state index in [-0.39, 0.29) is 18.7 Å². The number of ether oxygens (including phenoxy) is 2. The van der Waals surface area contributed by atoms with Crippen LogP contribution in [0.2, 0.25) is 0 Å². The fourth-order valence-electron chi connectivity index (χ4n) is 2.57.